The van der Waals surface area contributed by atoms with Crippen molar-refractivity contribution in [2.75, 3.05) is 7.05 Å². The molecule has 0 spiro atoms. The normalized spacial score (nSPS) is 25.0. The molecule has 0 bridgehead atoms. The molecule has 2 N–H and O–H groups in total. The summed E-state index contributed by atoms with van der Waals surface area (Å²) >= 11 is 0. The molecule has 1 fully saturated rings. The third-order valence-corrected chi connectivity index (χ3v) is 5.68. The van der Waals surface area contributed by atoms with Crippen LogP contribution in [0.3, 0.4) is 0 Å². The number of guanidine groups is 1. The van der Waals surface area contributed by atoms with Gasteiger partial charge in [-0.2, -0.15) is 0 Å². The number of halogens is 3. The van der Waals surface area contributed by atoms with Gasteiger partial charge >= 0.3 is 6.36 Å². The Morgan fingerprint density at radius 1 is 1.39 bits per heavy atom. The van der Waals surface area contributed by atoms with Gasteiger partial charge in [-0.3, -0.25) is 9.69 Å². The van der Waals surface area contributed by atoms with E-state index in [1.165, 1.54) is 23.1 Å². The summed E-state index contributed by atoms with van der Waals surface area (Å²) in [5.41, 5.74) is 6.77. The predicted molar refractivity (Wildman–Crippen MR) is 114 cm³/mol. The predicted octanol–water partition coefficient (Wildman–Crippen LogP) is 4.67. The van der Waals surface area contributed by atoms with Gasteiger partial charge in [0.15, 0.2) is 5.96 Å². The van der Waals surface area contributed by atoms with Gasteiger partial charge in [0.05, 0.1) is 11.5 Å². The zero-order valence-corrected chi connectivity index (χ0v) is 17.7. The average molecular weight is 433 g/mol. The van der Waals surface area contributed by atoms with Gasteiger partial charge < -0.3 is 10.5 Å². The third-order valence-electron chi connectivity index (χ3n) is 5.68. The summed E-state index contributed by atoms with van der Waals surface area (Å²) in [6.45, 7) is 7.74. The second-order valence-electron chi connectivity index (χ2n) is 8.03. The Morgan fingerprint density at radius 2 is 2.06 bits per heavy atom. The SMILES string of the molecule is C=C(/C=C(\C=C/C)C1(C)N=C(N)N(C)C(=O)C1C1CC1)c1cccc(OC(F)(F)F)c1. The maximum atomic E-state index is 13.0. The number of carbonyl (C=O) groups excluding carboxylic acids is 1. The van der Waals surface area contributed by atoms with Gasteiger partial charge in [0.2, 0.25) is 5.91 Å². The van der Waals surface area contributed by atoms with Crippen LogP contribution in [0.5, 0.6) is 5.75 Å². The van der Waals surface area contributed by atoms with E-state index in [1.54, 1.807) is 19.2 Å². The molecule has 0 saturated heterocycles. The molecule has 1 heterocycles. The zero-order chi connectivity index (χ0) is 23.0. The molecule has 2 aliphatic rings. The fraction of sp³-hybridized carbons (Fsp3) is 0.391. The molecule has 0 radical (unpaired) electrons. The van der Waals surface area contributed by atoms with E-state index in [0.717, 1.165) is 12.8 Å². The summed E-state index contributed by atoms with van der Waals surface area (Å²) in [5, 5.41) is 0. The molecular weight excluding hydrogens is 407 g/mol. The van der Waals surface area contributed by atoms with E-state index in [0.29, 0.717) is 16.7 Å². The summed E-state index contributed by atoms with van der Waals surface area (Å²) in [4.78, 5) is 19.1. The van der Waals surface area contributed by atoms with Crippen molar-refractivity contribution in [3.63, 3.8) is 0 Å². The lowest BCUT2D eigenvalue weighted by atomic mass is 9.74. The average Bonchev–Trinajstić information content (AvgIpc) is 3.49. The molecule has 8 heteroatoms. The molecular formula is C23H26F3N3O2. The van der Waals surface area contributed by atoms with Crippen molar-refractivity contribution in [3.05, 3.63) is 60.2 Å². The molecule has 1 aromatic carbocycles. The Kier molecular flexibility index (Phi) is 6.02. The van der Waals surface area contributed by atoms with Gasteiger partial charge in [0.25, 0.3) is 0 Å². The number of alkyl halides is 3. The van der Waals surface area contributed by atoms with Gasteiger partial charge in [-0.25, -0.2) is 4.99 Å². The van der Waals surface area contributed by atoms with Gasteiger partial charge in [0.1, 0.15) is 5.75 Å². The van der Waals surface area contributed by atoms with Crippen LogP contribution in [0.2, 0.25) is 0 Å². The molecule has 1 aliphatic carbocycles. The number of benzene rings is 1. The van der Waals surface area contributed by atoms with Crippen molar-refractivity contribution in [1.82, 2.24) is 4.90 Å². The maximum Gasteiger partial charge on any atom is 0.573 e. The largest absolute Gasteiger partial charge is 0.573 e. The number of nitrogens with two attached hydrogens (primary N) is 1. The first-order chi connectivity index (χ1) is 14.5. The number of ether oxygens (including phenoxy) is 1. The monoisotopic (exact) mass is 433 g/mol. The first kappa shape index (κ1) is 22.7. The van der Waals surface area contributed by atoms with Crippen LogP contribution >= 0.6 is 0 Å². The Balaban J connectivity index is 2.02. The number of aliphatic imine (C=N–C) groups is 1. The minimum atomic E-state index is -4.78. The number of nitrogens with zero attached hydrogens (tertiary/aromatic N) is 2. The third kappa shape index (κ3) is 4.84. The standard InChI is InChI=1S/C23H26F3N3O2/c1-5-7-17(12-14(2)16-8-6-9-18(13-16)31-23(24,25)26)22(3)19(15-10-11-15)20(30)29(4)21(27)28-22/h5-9,12-13,15,19H,2,10-11H2,1,3-4H3,(H2,27,28)/b7-5-,17-12+. The van der Waals surface area contributed by atoms with Crippen LogP contribution < -0.4 is 10.5 Å². The lowest BCUT2D eigenvalue weighted by Gasteiger charge is -2.41. The highest BCUT2D eigenvalue weighted by atomic mass is 19.4. The highest BCUT2D eigenvalue weighted by molar-refractivity contribution is 6.01. The summed E-state index contributed by atoms with van der Waals surface area (Å²) in [7, 11) is 1.61. The molecule has 166 valence electrons. The highest BCUT2D eigenvalue weighted by Gasteiger charge is 2.53. The number of allylic oxidation sites excluding steroid dienone is 3. The quantitative estimate of drug-likeness (QED) is 0.663. The van der Waals surface area contributed by atoms with E-state index < -0.39 is 11.9 Å². The fourth-order valence-corrected chi connectivity index (χ4v) is 3.99. The topological polar surface area (TPSA) is 67.9 Å². The van der Waals surface area contributed by atoms with Crippen molar-refractivity contribution >= 4 is 17.4 Å². The summed E-state index contributed by atoms with van der Waals surface area (Å²) in [5.74, 6) is -0.446. The van der Waals surface area contributed by atoms with Crippen LogP contribution in [-0.4, -0.2) is 35.7 Å². The summed E-state index contributed by atoms with van der Waals surface area (Å²) in [6, 6.07) is 5.62. The first-order valence-corrected chi connectivity index (χ1v) is 9.99. The number of hydrogen-bond acceptors (Lipinski definition) is 4. The molecule has 5 nitrogen and oxygen atoms in total. The Bertz CT molecular complexity index is 977. The number of carbonyl (C=O) groups is 1. The van der Waals surface area contributed by atoms with Crippen LogP contribution in [-0.2, 0) is 4.79 Å². The molecule has 31 heavy (non-hydrogen) atoms. The van der Waals surface area contributed by atoms with Gasteiger partial charge in [-0.05, 0) is 67.5 Å². The van der Waals surface area contributed by atoms with E-state index in [-0.39, 0.29) is 29.5 Å². The van der Waals surface area contributed by atoms with Crippen molar-refractivity contribution in [2.45, 2.75) is 38.6 Å². The lowest BCUT2D eigenvalue weighted by Crippen LogP contribution is -2.56. The Hall–Kier alpha value is -3.03. The highest BCUT2D eigenvalue weighted by Crippen LogP contribution is 2.49. The Labute approximate surface area is 179 Å². The van der Waals surface area contributed by atoms with E-state index in [2.05, 4.69) is 16.3 Å². The van der Waals surface area contributed by atoms with Crippen molar-refractivity contribution in [3.8, 4) is 5.75 Å². The second-order valence-corrected chi connectivity index (χ2v) is 8.03. The van der Waals surface area contributed by atoms with Crippen molar-refractivity contribution in [1.29, 1.82) is 0 Å². The molecule has 1 aliphatic heterocycles. The molecule has 1 saturated carbocycles. The van der Waals surface area contributed by atoms with Crippen LogP contribution in [0.4, 0.5) is 13.2 Å². The van der Waals surface area contributed by atoms with Crippen LogP contribution in [0, 0.1) is 11.8 Å². The summed E-state index contributed by atoms with van der Waals surface area (Å²) in [6.07, 6.45) is 2.51. The van der Waals surface area contributed by atoms with Gasteiger partial charge in [-0.1, -0.05) is 30.9 Å². The molecule has 2 unspecified atom stereocenters. The van der Waals surface area contributed by atoms with Gasteiger partial charge in [0, 0.05) is 7.05 Å². The van der Waals surface area contributed by atoms with Gasteiger partial charge in [-0.15, -0.1) is 13.2 Å². The summed E-state index contributed by atoms with van der Waals surface area (Å²) < 4.78 is 41.8. The molecule has 3 rings (SSSR count). The van der Waals surface area contributed by atoms with Crippen molar-refractivity contribution in [2.24, 2.45) is 22.6 Å². The van der Waals surface area contributed by atoms with E-state index in [4.69, 9.17) is 5.73 Å². The first-order valence-electron chi connectivity index (χ1n) is 9.99. The van der Waals surface area contributed by atoms with E-state index in [9.17, 15) is 18.0 Å². The van der Waals surface area contributed by atoms with Crippen LogP contribution in [0.1, 0.15) is 32.3 Å². The minimum Gasteiger partial charge on any atom is -0.406 e. The lowest BCUT2D eigenvalue weighted by molar-refractivity contribution is -0.274. The maximum absolute atomic E-state index is 13.0. The number of amides is 1. The minimum absolute atomic E-state index is 0.0842. The molecule has 2 atom stereocenters. The number of hydrogen-bond donors (Lipinski definition) is 1. The zero-order valence-electron chi connectivity index (χ0n) is 17.7. The van der Waals surface area contributed by atoms with Crippen molar-refractivity contribution < 1.29 is 22.7 Å². The molecule has 1 aromatic rings. The van der Waals surface area contributed by atoms with E-state index >= 15 is 0 Å². The smallest absolute Gasteiger partial charge is 0.406 e. The van der Waals surface area contributed by atoms with E-state index in [1.807, 2.05) is 26.0 Å². The fourth-order valence-electron chi connectivity index (χ4n) is 3.99. The Morgan fingerprint density at radius 3 is 2.65 bits per heavy atom. The van der Waals surface area contributed by atoms with Crippen LogP contribution in [0.25, 0.3) is 5.57 Å². The molecule has 1 amide bonds. The second kappa shape index (κ2) is 8.24. The van der Waals surface area contributed by atoms with Crippen LogP contribution in [0.15, 0.2) is 59.6 Å². The number of rotatable bonds is 6. The molecule has 0 aromatic heterocycles.